The number of methoxy groups -OCH3 is 3. The van der Waals surface area contributed by atoms with Crippen molar-refractivity contribution in [2.24, 2.45) is 0 Å². The van der Waals surface area contributed by atoms with Crippen molar-refractivity contribution in [3.63, 3.8) is 0 Å². The molecule has 184 valence electrons. The van der Waals surface area contributed by atoms with Gasteiger partial charge in [-0.15, -0.1) is 0 Å². The molecular formula is C27H27F2NO5. The van der Waals surface area contributed by atoms with Gasteiger partial charge >= 0.3 is 6.61 Å². The predicted octanol–water partition coefficient (Wildman–Crippen LogP) is 5.51. The molecule has 1 amide bonds. The van der Waals surface area contributed by atoms with Crippen LogP contribution in [0.15, 0.2) is 66.7 Å². The maximum atomic E-state index is 13.6. The van der Waals surface area contributed by atoms with Gasteiger partial charge in [0.25, 0.3) is 5.91 Å². The van der Waals surface area contributed by atoms with Gasteiger partial charge in [-0.2, -0.15) is 8.78 Å². The van der Waals surface area contributed by atoms with Crippen LogP contribution in [0.1, 0.15) is 16.7 Å². The first-order valence-corrected chi connectivity index (χ1v) is 10.7. The Labute approximate surface area is 203 Å². The molecule has 6 nitrogen and oxygen atoms in total. The van der Waals surface area contributed by atoms with Crippen molar-refractivity contribution in [2.45, 2.75) is 13.2 Å². The molecule has 3 aromatic carbocycles. The first-order chi connectivity index (χ1) is 16.9. The largest absolute Gasteiger partial charge is 0.493 e. The van der Waals surface area contributed by atoms with Gasteiger partial charge in [0.2, 0.25) is 0 Å². The SMILES string of the molecule is COc1ccc(/C(=C\c2ccc(OC(F)F)c(OC)c2)C(=O)N(C)Cc2ccccc2)cc1OC. The van der Waals surface area contributed by atoms with E-state index in [9.17, 15) is 13.6 Å². The number of rotatable bonds is 10. The number of likely N-dealkylation sites (N-methyl/N-ethyl adjacent to an activating group) is 1. The third-order valence-electron chi connectivity index (χ3n) is 5.25. The van der Waals surface area contributed by atoms with Crippen molar-refractivity contribution in [3.05, 3.63) is 83.4 Å². The highest BCUT2D eigenvalue weighted by molar-refractivity contribution is 6.24. The zero-order chi connectivity index (χ0) is 25.4. The summed E-state index contributed by atoms with van der Waals surface area (Å²) >= 11 is 0. The van der Waals surface area contributed by atoms with Gasteiger partial charge < -0.3 is 23.8 Å². The van der Waals surface area contributed by atoms with E-state index in [0.717, 1.165) is 5.56 Å². The first-order valence-electron chi connectivity index (χ1n) is 10.7. The van der Waals surface area contributed by atoms with Gasteiger partial charge in [0.15, 0.2) is 23.0 Å². The van der Waals surface area contributed by atoms with Gasteiger partial charge in [0.05, 0.1) is 21.3 Å². The lowest BCUT2D eigenvalue weighted by Gasteiger charge is -2.20. The topological polar surface area (TPSA) is 57.2 Å². The van der Waals surface area contributed by atoms with Gasteiger partial charge in [-0.25, -0.2) is 0 Å². The van der Waals surface area contributed by atoms with Crippen molar-refractivity contribution in [3.8, 4) is 23.0 Å². The molecule has 0 aromatic heterocycles. The van der Waals surface area contributed by atoms with Crippen LogP contribution in [-0.4, -0.2) is 45.8 Å². The van der Waals surface area contributed by atoms with Crippen LogP contribution in [0.2, 0.25) is 0 Å². The summed E-state index contributed by atoms with van der Waals surface area (Å²) in [7, 11) is 6.11. The van der Waals surface area contributed by atoms with Crippen LogP contribution < -0.4 is 18.9 Å². The molecule has 35 heavy (non-hydrogen) atoms. The molecule has 0 fully saturated rings. The fourth-order valence-corrected chi connectivity index (χ4v) is 3.54. The van der Waals surface area contributed by atoms with Crippen LogP contribution in [0.25, 0.3) is 11.6 Å². The molecule has 0 atom stereocenters. The maximum absolute atomic E-state index is 13.6. The fraction of sp³-hybridized carbons (Fsp3) is 0.222. The number of hydrogen-bond donors (Lipinski definition) is 0. The minimum Gasteiger partial charge on any atom is -0.493 e. The Morgan fingerprint density at radius 2 is 1.49 bits per heavy atom. The number of hydrogen-bond acceptors (Lipinski definition) is 5. The molecule has 3 aromatic rings. The molecule has 0 unspecified atom stereocenters. The number of halogens is 2. The zero-order valence-electron chi connectivity index (χ0n) is 20.0. The summed E-state index contributed by atoms with van der Waals surface area (Å²) in [4.78, 5) is 15.2. The standard InChI is InChI=1S/C27H27F2NO5/c1-30(17-18-8-6-5-7-9-18)26(31)21(20-11-13-22(32-2)25(16-20)34-4)14-19-10-12-23(35-27(28)29)24(15-19)33-3/h5-16,27H,17H2,1-4H3/b21-14+. The van der Waals surface area contributed by atoms with Crippen molar-refractivity contribution in [1.82, 2.24) is 4.90 Å². The van der Waals surface area contributed by atoms with E-state index >= 15 is 0 Å². The molecule has 0 spiro atoms. The first kappa shape index (κ1) is 25.6. The van der Waals surface area contributed by atoms with E-state index in [2.05, 4.69) is 4.74 Å². The van der Waals surface area contributed by atoms with Crippen LogP contribution in [-0.2, 0) is 11.3 Å². The van der Waals surface area contributed by atoms with E-state index < -0.39 is 6.61 Å². The average Bonchev–Trinajstić information content (AvgIpc) is 2.87. The van der Waals surface area contributed by atoms with E-state index in [4.69, 9.17) is 14.2 Å². The number of carbonyl (C=O) groups is 1. The van der Waals surface area contributed by atoms with E-state index in [-0.39, 0.29) is 17.4 Å². The number of nitrogens with zero attached hydrogens (tertiary/aromatic N) is 1. The summed E-state index contributed by atoms with van der Waals surface area (Å²) in [6.45, 7) is -2.59. The lowest BCUT2D eigenvalue weighted by atomic mass is 10.00. The molecule has 0 aliphatic rings. The average molecular weight is 484 g/mol. The highest BCUT2D eigenvalue weighted by Crippen LogP contribution is 2.34. The third kappa shape index (κ3) is 6.50. The van der Waals surface area contributed by atoms with Gasteiger partial charge in [-0.05, 0) is 47.0 Å². The molecule has 0 bridgehead atoms. The number of alkyl halides is 2. The Bertz CT molecular complexity index is 1180. The van der Waals surface area contributed by atoms with E-state index in [1.807, 2.05) is 30.3 Å². The molecule has 0 saturated heterocycles. The van der Waals surface area contributed by atoms with E-state index in [1.54, 1.807) is 42.3 Å². The summed E-state index contributed by atoms with van der Waals surface area (Å²) in [6.07, 6.45) is 1.67. The minimum absolute atomic E-state index is 0.0974. The smallest absolute Gasteiger partial charge is 0.387 e. The van der Waals surface area contributed by atoms with Gasteiger partial charge in [-0.3, -0.25) is 4.79 Å². The second kappa shape index (κ2) is 11.9. The Morgan fingerprint density at radius 3 is 2.11 bits per heavy atom. The van der Waals surface area contributed by atoms with Gasteiger partial charge in [-0.1, -0.05) is 42.5 Å². The second-order valence-electron chi connectivity index (χ2n) is 7.56. The number of carbonyl (C=O) groups excluding carboxylic acids is 1. The van der Waals surface area contributed by atoms with E-state index in [0.29, 0.717) is 34.7 Å². The quantitative estimate of drug-likeness (QED) is 0.281. The summed E-state index contributed by atoms with van der Waals surface area (Å²) in [5, 5.41) is 0. The summed E-state index contributed by atoms with van der Waals surface area (Å²) in [5.74, 6) is 0.770. The van der Waals surface area contributed by atoms with Crippen LogP contribution in [0.4, 0.5) is 8.78 Å². The Kier molecular flexibility index (Phi) is 8.67. The lowest BCUT2D eigenvalue weighted by Crippen LogP contribution is -2.27. The zero-order valence-corrected chi connectivity index (χ0v) is 20.0. The van der Waals surface area contributed by atoms with Crippen LogP contribution in [0.5, 0.6) is 23.0 Å². The van der Waals surface area contributed by atoms with Crippen molar-refractivity contribution in [2.75, 3.05) is 28.4 Å². The van der Waals surface area contributed by atoms with Crippen molar-refractivity contribution >= 4 is 17.6 Å². The van der Waals surface area contributed by atoms with Crippen molar-refractivity contribution in [1.29, 1.82) is 0 Å². The molecule has 0 aliphatic heterocycles. The van der Waals surface area contributed by atoms with Crippen LogP contribution >= 0.6 is 0 Å². The van der Waals surface area contributed by atoms with Gasteiger partial charge in [0, 0.05) is 19.2 Å². The Hall–Kier alpha value is -4.07. The van der Waals surface area contributed by atoms with E-state index in [1.165, 1.54) is 33.5 Å². The summed E-state index contributed by atoms with van der Waals surface area (Å²) < 4.78 is 45.9. The third-order valence-corrected chi connectivity index (χ3v) is 5.25. The monoisotopic (exact) mass is 483 g/mol. The molecule has 0 radical (unpaired) electrons. The Morgan fingerprint density at radius 1 is 0.857 bits per heavy atom. The summed E-state index contributed by atoms with van der Waals surface area (Å²) in [6, 6.07) is 19.3. The molecule has 3 rings (SSSR count). The predicted molar refractivity (Wildman–Crippen MR) is 130 cm³/mol. The Balaban J connectivity index is 2.05. The highest BCUT2D eigenvalue weighted by Gasteiger charge is 2.20. The van der Waals surface area contributed by atoms with Crippen LogP contribution in [0.3, 0.4) is 0 Å². The fourth-order valence-electron chi connectivity index (χ4n) is 3.54. The number of benzene rings is 3. The number of amides is 1. The van der Waals surface area contributed by atoms with Crippen molar-refractivity contribution < 1.29 is 32.5 Å². The molecular weight excluding hydrogens is 456 g/mol. The minimum atomic E-state index is -2.99. The second-order valence-corrected chi connectivity index (χ2v) is 7.56. The van der Waals surface area contributed by atoms with Crippen LogP contribution in [0, 0.1) is 0 Å². The molecule has 8 heteroatoms. The number of ether oxygens (including phenoxy) is 4. The molecule has 0 N–H and O–H groups in total. The lowest BCUT2D eigenvalue weighted by molar-refractivity contribution is -0.124. The molecule has 0 aliphatic carbocycles. The summed E-state index contributed by atoms with van der Waals surface area (Å²) in [5.41, 5.74) is 2.51. The molecule has 0 heterocycles. The highest BCUT2D eigenvalue weighted by atomic mass is 19.3. The normalized spacial score (nSPS) is 11.2. The molecule has 0 saturated carbocycles. The van der Waals surface area contributed by atoms with Gasteiger partial charge in [0.1, 0.15) is 0 Å². The maximum Gasteiger partial charge on any atom is 0.387 e.